The first-order valence-corrected chi connectivity index (χ1v) is 5.51. The minimum atomic E-state index is 0.413. The second-order valence-corrected chi connectivity index (χ2v) is 4.36. The summed E-state index contributed by atoms with van der Waals surface area (Å²) >= 11 is 0. The van der Waals surface area contributed by atoms with Crippen LogP contribution in [0.15, 0.2) is 0 Å². The molecular formula is C11H21N3. The molecule has 0 fully saturated rings. The van der Waals surface area contributed by atoms with Crippen LogP contribution in [0.1, 0.15) is 64.4 Å². The van der Waals surface area contributed by atoms with Gasteiger partial charge < -0.3 is 0 Å². The normalized spacial score (nSPS) is 11.6. The van der Waals surface area contributed by atoms with E-state index < -0.39 is 0 Å². The van der Waals surface area contributed by atoms with Gasteiger partial charge in [-0.25, -0.2) is 4.68 Å². The Labute approximate surface area is 86.5 Å². The van der Waals surface area contributed by atoms with Gasteiger partial charge in [0.05, 0.1) is 11.4 Å². The van der Waals surface area contributed by atoms with Crippen molar-refractivity contribution in [3.05, 3.63) is 11.4 Å². The number of aromatic nitrogens is 3. The molecule has 1 aromatic rings. The van der Waals surface area contributed by atoms with E-state index in [-0.39, 0.29) is 0 Å². The molecular weight excluding hydrogens is 174 g/mol. The highest BCUT2D eigenvalue weighted by atomic mass is 15.4. The molecule has 80 valence electrons. The Morgan fingerprint density at radius 3 is 2.29 bits per heavy atom. The molecule has 0 unspecified atom stereocenters. The van der Waals surface area contributed by atoms with Crippen LogP contribution in [-0.4, -0.2) is 15.0 Å². The molecule has 1 heterocycles. The molecule has 0 amide bonds. The highest BCUT2D eigenvalue weighted by Crippen LogP contribution is 2.20. The maximum Gasteiger partial charge on any atom is 0.0884 e. The Morgan fingerprint density at radius 1 is 1.21 bits per heavy atom. The second-order valence-electron chi connectivity index (χ2n) is 4.36. The first kappa shape index (κ1) is 11.2. The summed E-state index contributed by atoms with van der Waals surface area (Å²) in [6.07, 6.45) is 2.23. The Hall–Kier alpha value is -0.860. The molecule has 0 aliphatic heterocycles. The van der Waals surface area contributed by atoms with Gasteiger partial charge in [-0.05, 0) is 26.2 Å². The lowest BCUT2D eigenvalue weighted by Gasteiger charge is -2.11. The number of hydrogen-bond donors (Lipinski definition) is 0. The fourth-order valence-electron chi connectivity index (χ4n) is 1.67. The van der Waals surface area contributed by atoms with Crippen LogP contribution >= 0.6 is 0 Å². The Kier molecular flexibility index (Phi) is 3.67. The lowest BCUT2D eigenvalue weighted by atomic mass is 10.1. The summed E-state index contributed by atoms with van der Waals surface area (Å²) in [7, 11) is 0. The quantitative estimate of drug-likeness (QED) is 0.739. The molecule has 1 rings (SSSR count). The molecule has 0 radical (unpaired) electrons. The molecule has 0 aliphatic rings. The smallest absolute Gasteiger partial charge is 0.0884 e. The van der Waals surface area contributed by atoms with Crippen molar-refractivity contribution in [3.63, 3.8) is 0 Å². The molecule has 14 heavy (non-hydrogen) atoms. The second kappa shape index (κ2) is 4.58. The number of nitrogens with zero attached hydrogens (tertiary/aromatic N) is 3. The summed E-state index contributed by atoms with van der Waals surface area (Å²) in [6, 6.07) is 0.413. The van der Waals surface area contributed by atoms with Gasteiger partial charge in [0.2, 0.25) is 0 Å². The van der Waals surface area contributed by atoms with Gasteiger partial charge in [-0.2, -0.15) is 0 Å². The molecule has 0 N–H and O–H groups in total. The first-order chi connectivity index (χ1) is 6.57. The van der Waals surface area contributed by atoms with Crippen molar-refractivity contribution in [3.8, 4) is 0 Å². The molecule has 0 aromatic carbocycles. The number of hydrogen-bond acceptors (Lipinski definition) is 2. The third-order valence-electron chi connectivity index (χ3n) is 2.34. The largest absolute Gasteiger partial charge is 0.247 e. The molecule has 3 nitrogen and oxygen atoms in total. The monoisotopic (exact) mass is 195 g/mol. The Balaban J connectivity index is 3.06. The van der Waals surface area contributed by atoms with Crippen molar-refractivity contribution in [2.24, 2.45) is 0 Å². The van der Waals surface area contributed by atoms with Gasteiger partial charge in [0.15, 0.2) is 0 Å². The summed E-state index contributed by atoms with van der Waals surface area (Å²) in [5, 5.41) is 8.49. The molecule has 1 aromatic heterocycles. The zero-order valence-corrected chi connectivity index (χ0v) is 9.91. The van der Waals surface area contributed by atoms with E-state index in [2.05, 4.69) is 49.6 Å². The molecule has 0 saturated heterocycles. The van der Waals surface area contributed by atoms with E-state index in [0.29, 0.717) is 12.0 Å². The van der Waals surface area contributed by atoms with Crippen molar-refractivity contribution >= 4 is 0 Å². The summed E-state index contributed by atoms with van der Waals surface area (Å²) in [4.78, 5) is 0. The molecule has 0 atom stereocenters. The van der Waals surface area contributed by atoms with E-state index in [4.69, 9.17) is 0 Å². The lowest BCUT2D eigenvalue weighted by Crippen LogP contribution is -2.08. The summed E-state index contributed by atoms with van der Waals surface area (Å²) in [5.41, 5.74) is 2.48. The van der Waals surface area contributed by atoms with E-state index in [9.17, 15) is 0 Å². The van der Waals surface area contributed by atoms with E-state index in [1.807, 2.05) is 0 Å². The predicted octanol–water partition coefficient (Wildman–Crippen LogP) is 2.93. The van der Waals surface area contributed by atoms with Crippen molar-refractivity contribution in [2.75, 3.05) is 0 Å². The zero-order chi connectivity index (χ0) is 10.7. The van der Waals surface area contributed by atoms with Crippen LogP contribution in [0, 0.1) is 0 Å². The summed E-state index contributed by atoms with van der Waals surface area (Å²) < 4.78 is 2.05. The molecule has 0 bridgehead atoms. The minimum absolute atomic E-state index is 0.413. The van der Waals surface area contributed by atoms with Crippen LogP contribution < -0.4 is 0 Å². The van der Waals surface area contributed by atoms with Crippen LogP contribution in [0.4, 0.5) is 0 Å². The minimum Gasteiger partial charge on any atom is -0.247 e. The Bertz CT molecular complexity index is 261. The highest BCUT2D eigenvalue weighted by Gasteiger charge is 2.16. The standard InChI is InChI=1S/C11H21N3/c1-6-7-10-11(8(2)3)12-13-14(10)9(4)5/h8-9H,6-7H2,1-5H3. The highest BCUT2D eigenvalue weighted by molar-refractivity contribution is 5.14. The van der Waals surface area contributed by atoms with Crippen LogP contribution in [0.5, 0.6) is 0 Å². The molecule has 0 aliphatic carbocycles. The van der Waals surface area contributed by atoms with E-state index in [1.54, 1.807) is 0 Å². The lowest BCUT2D eigenvalue weighted by molar-refractivity contribution is 0.492. The van der Waals surface area contributed by atoms with Gasteiger partial charge in [-0.15, -0.1) is 5.10 Å². The van der Waals surface area contributed by atoms with Crippen LogP contribution in [0.25, 0.3) is 0 Å². The van der Waals surface area contributed by atoms with Gasteiger partial charge in [-0.3, -0.25) is 0 Å². The zero-order valence-electron chi connectivity index (χ0n) is 9.91. The van der Waals surface area contributed by atoms with Crippen LogP contribution in [0.3, 0.4) is 0 Å². The fraction of sp³-hybridized carbons (Fsp3) is 0.818. The van der Waals surface area contributed by atoms with Gasteiger partial charge in [-0.1, -0.05) is 32.4 Å². The van der Waals surface area contributed by atoms with Gasteiger partial charge in [0.1, 0.15) is 0 Å². The van der Waals surface area contributed by atoms with Crippen molar-refractivity contribution in [1.29, 1.82) is 0 Å². The summed E-state index contributed by atoms with van der Waals surface area (Å²) in [5.74, 6) is 0.476. The van der Waals surface area contributed by atoms with Crippen molar-refractivity contribution in [2.45, 2.75) is 59.4 Å². The first-order valence-electron chi connectivity index (χ1n) is 5.51. The van der Waals surface area contributed by atoms with Crippen LogP contribution in [-0.2, 0) is 6.42 Å². The molecule has 0 spiro atoms. The third kappa shape index (κ3) is 2.14. The topological polar surface area (TPSA) is 30.7 Å². The van der Waals surface area contributed by atoms with E-state index in [0.717, 1.165) is 12.8 Å². The van der Waals surface area contributed by atoms with Gasteiger partial charge >= 0.3 is 0 Å². The maximum atomic E-state index is 4.27. The van der Waals surface area contributed by atoms with Gasteiger partial charge in [0, 0.05) is 6.04 Å². The summed E-state index contributed by atoms with van der Waals surface area (Å²) in [6.45, 7) is 10.8. The maximum absolute atomic E-state index is 4.27. The Morgan fingerprint density at radius 2 is 1.86 bits per heavy atom. The average molecular weight is 195 g/mol. The van der Waals surface area contributed by atoms with Gasteiger partial charge in [0.25, 0.3) is 0 Å². The van der Waals surface area contributed by atoms with Crippen molar-refractivity contribution < 1.29 is 0 Å². The molecule has 3 heteroatoms. The molecule has 0 saturated carbocycles. The third-order valence-corrected chi connectivity index (χ3v) is 2.34. The number of rotatable bonds is 4. The van der Waals surface area contributed by atoms with Crippen LogP contribution in [0.2, 0.25) is 0 Å². The van der Waals surface area contributed by atoms with E-state index in [1.165, 1.54) is 11.4 Å². The van der Waals surface area contributed by atoms with Crippen molar-refractivity contribution in [1.82, 2.24) is 15.0 Å². The predicted molar refractivity (Wildman–Crippen MR) is 58.5 cm³/mol. The SMILES string of the molecule is CCCc1c(C(C)C)nnn1C(C)C. The fourth-order valence-corrected chi connectivity index (χ4v) is 1.67. The average Bonchev–Trinajstić information content (AvgIpc) is 2.48. The van der Waals surface area contributed by atoms with E-state index >= 15 is 0 Å².